The number of anilines is 1. The molecule has 2 amide bonds. The molecular weight excluding hydrogens is 308 g/mol. The van der Waals surface area contributed by atoms with E-state index in [0.29, 0.717) is 0 Å². The van der Waals surface area contributed by atoms with Crippen LogP contribution in [0.3, 0.4) is 0 Å². The second-order valence-electron chi connectivity index (χ2n) is 6.26. The molecule has 0 unspecified atom stereocenters. The van der Waals surface area contributed by atoms with Gasteiger partial charge in [0.25, 0.3) is 0 Å². The predicted molar refractivity (Wildman–Crippen MR) is 98.3 cm³/mol. The molecule has 2 N–H and O–H groups in total. The first-order valence-electron chi connectivity index (χ1n) is 8.32. The van der Waals surface area contributed by atoms with Gasteiger partial charge in [0, 0.05) is 31.4 Å². The van der Waals surface area contributed by atoms with E-state index < -0.39 is 0 Å². The van der Waals surface area contributed by atoms with Gasteiger partial charge < -0.3 is 15.5 Å². The first kappa shape index (κ1) is 17.9. The third-order valence-corrected chi connectivity index (χ3v) is 4.83. The lowest BCUT2D eigenvalue weighted by Crippen LogP contribution is -2.49. The third kappa shape index (κ3) is 5.94. The summed E-state index contributed by atoms with van der Waals surface area (Å²) in [6.07, 6.45) is 6.92. The number of amides is 2. The highest BCUT2D eigenvalue weighted by Crippen LogP contribution is 2.18. The van der Waals surface area contributed by atoms with Gasteiger partial charge in [-0.2, -0.15) is 11.8 Å². The zero-order chi connectivity index (χ0) is 16.7. The maximum absolute atomic E-state index is 12.0. The Morgan fingerprint density at radius 3 is 2.78 bits per heavy atom. The normalized spacial score (nSPS) is 16.9. The lowest BCUT2D eigenvalue weighted by atomic mass is 10.1. The van der Waals surface area contributed by atoms with Crippen molar-refractivity contribution in [3.8, 4) is 0 Å². The quantitative estimate of drug-likeness (QED) is 0.839. The van der Waals surface area contributed by atoms with Crippen LogP contribution in [0, 0.1) is 6.92 Å². The van der Waals surface area contributed by atoms with E-state index in [0.717, 1.165) is 43.9 Å². The molecule has 0 radical (unpaired) electrons. The Morgan fingerprint density at radius 1 is 1.43 bits per heavy atom. The van der Waals surface area contributed by atoms with Gasteiger partial charge in [0.1, 0.15) is 5.82 Å². The van der Waals surface area contributed by atoms with Gasteiger partial charge in [-0.25, -0.2) is 9.78 Å². The Morgan fingerprint density at radius 2 is 2.17 bits per heavy atom. The van der Waals surface area contributed by atoms with Crippen molar-refractivity contribution >= 4 is 23.6 Å². The van der Waals surface area contributed by atoms with E-state index in [1.165, 1.54) is 5.56 Å². The Bertz CT molecular complexity index is 486. The number of nitrogens with zero attached hydrogens (tertiary/aromatic N) is 2. The number of aromatic nitrogens is 1. The van der Waals surface area contributed by atoms with Crippen molar-refractivity contribution in [3.05, 3.63) is 23.9 Å². The number of aryl methyl sites for hydroxylation is 1. The van der Waals surface area contributed by atoms with Crippen LogP contribution in [0.15, 0.2) is 18.3 Å². The second kappa shape index (κ2) is 9.01. The minimum Gasteiger partial charge on any atom is -0.356 e. The minimum atomic E-state index is -0.0366. The van der Waals surface area contributed by atoms with Crippen LogP contribution in [0.25, 0.3) is 0 Å². The molecule has 0 bridgehead atoms. The molecule has 1 saturated heterocycles. The highest BCUT2D eigenvalue weighted by atomic mass is 32.2. The van der Waals surface area contributed by atoms with E-state index in [-0.39, 0.29) is 18.1 Å². The van der Waals surface area contributed by atoms with Crippen molar-refractivity contribution in [1.82, 2.24) is 15.6 Å². The van der Waals surface area contributed by atoms with Crippen molar-refractivity contribution in [2.24, 2.45) is 0 Å². The van der Waals surface area contributed by atoms with Gasteiger partial charge in [0.2, 0.25) is 0 Å². The average Bonchev–Trinajstić information content (AvgIpc) is 2.54. The van der Waals surface area contributed by atoms with Crippen molar-refractivity contribution in [1.29, 1.82) is 0 Å². The van der Waals surface area contributed by atoms with E-state index >= 15 is 0 Å². The van der Waals surface area contributed by atoms with Crippen LogP contribution in [0.2, 0.25) is 0 Å². The smallest absolute Gasteiger partial charge is 0.315 e. The molecule has 0 aromatic carbocycles. The number of piperidine rings is 1. The molecule has 1 aliphatic heterocycles. The summed E-state index contributed by atoms with van der Waals surface area (Å²) in [5.74, 6) is 2.10. The second-order valence-corrected chi connectivity index (χ2v) is 7.24. The van der Waals surface area contributed by atoms with Gasteiger partial charge in [0.05, 0.1) is 0 Å². The van der Waals surface area contributed by atoms with Gasteiger partial charge in [-0.05, 0) is 56.7 Å². The van der Waals surface area contributed by atoms with E-state index in [2.05, 4.69) is 45.8 Å². The highest BCUT2D eigenvalue weighted by molar-refractivity contribution is 7.98. The number of hydrogen-bond acceptors (Lipinski definition) is 4. The number of carbonyl (C=O) groups excluding carboxylic acids is 1. The SMILES string of the molecule is CSCC[C@@H](C)NC(=O)NC1CCN(c2ccc(C)cn2)CC1. The maximum atomic E-state index is 12.0. The topological polar surface area (TPSA) is 57.3 Å². The first-order valence-corrected chi connectivity index (χ1v) is 9.71. The Labute approximate surface area is 143 Å². The summed E-state index contributed by atoms with van der Waals surface area (Å²) in [7, 11) is 0. The highest BCUT2D eigenvalue weighted by Gasteiger charge is 2.21. The fourth-order valence-electron chi connectivity index (χ4n) is 2.72. The lowest BCUT2D eigenvalue weighted by Gasteiger charge is -2.33. The standard InChI is InChI=1S/C17H28N4OS/c1-13-4-5-16(18-12-13)21-9-6-15(7-10-21)20-17(22)19-14(2)8-11-23-3/h4-5,12,14-15H,6-11H2,1-3H3,(H2,19,20,22)/t14-/m1/s1. The first-order chi connectivity index (χ1) is 11.1. The molecule has 2 heterocycles. The Hall–Kier alpha value is -1.43. The van der Waals surface area contributed by atoms with Crippen LogP contribution in [-0.4, -0.2) is 48.2 Å². The van der Waals surface area contributed by atoms with E-state index in [9.17, 15) is 4.79 Å². The summed E-state index contributed by atoms with van der Waals surface area (Å²) in [6, 6.07) is 4.61. The molecule has 2 rings (SSSR count). The zero-order valence-electron chi connectivity index (χ0n) is 14.3. The summed E-state index contributed by atoms with van der Waals surface area (Å²) in [5.41, 5.74) is 1.18. The van der Waals surface area contributed by atoms with Gasteiger partial charge in [-0.3, -0.25) is 0 Å². The number of thioether (sulfide) groups is 1. The van der Waals surface area contributed by atoms with Crippen molar-refractivity contribution < 1.29 is 4.79 Å². The van der Waals surface area contributed by atoms with E-state index in [1.807, 2.05) is 24.9 Å². The van der Waals surface area contributed by atoms with Crippen molar-refractivity contribution in [2.45, 2.75) is 45.2 Å². The summed E-state index contributed by atoms with van der Waals surface area (Å²) in [5, 5.41) is 6.13. The van der Waals surface area contributed by atoms with Gasteiger partial charge in [-0.15, -0.1) is 0 Å². The van der Waals surface area contributed by atoms with Crippen LogP contribution in [0.5, 0.6) is 0 Å². The molecule has 0 spiro atoms. The number of pyridine rings is 1. The van der Waals surface area contributed by atoms with Gasteiger partial charge >= 0.3 is 6.03 Å². The average molecular weight is 337 g/mol. The molecule has 128 valence electrons. The lowest BCUT2D eigenvalue weighted by molar-refractivity contribution is 0.231. The predicted octanol–water partition coefficient (Wildman–Crippen LogP) is 2.80. The number of urea groups is 1. The fraction of sp³-hybridized carbons (Fsp3) is 0.647. The number of nitrogens with one attached hydrogen (secondary N) is 2. The van der Waals surface area contributed by atoms with E-state index in [4.69, 9.17) is 0 Å². The molecule has 1 fully saturated rings. The molecule has 1 aromatic heterocycles. The minimum absolute atomic E-state index is 0.0366. The number of carbonyl (C=O) groups is 1. The fourth-order valence-corrected chi connectivity index (χ4v) is 3.31. The molecule has 0 aliphatic carbocycles. The Kier molecular flexibility index (Phi) is 7.02. The monoisotopic (exact) mass is 336 g/mol. The molecule has 5 nitrogen and oxygen atoms in total. The molecular formula is C17H28N4OS. The van der Waals surface area contributed by atoms with Crippen molar-refractivity contribution in [2.75, 3.05) is 30.0 Å². The zero-order valence-corrected chi connectivity index (χ0v) is 15.2. The van der Waals surface area contributed by atoms with Crippen molar-refractivity contribution in [3.63, 3.8) is 0 Å². The summed E-state index contributed by atoms with van der Waals surface area (Å²) < 4.78 is 0. The molecule has 1 aliphatic rings. The molecule has 0 saturated carbocycles. The largest absolute Gasteiger partial charge is 0.356 e. The van der Waals surface area contributed by atoms with Crippen LogP contribution in [0.4, 0.5) is 10.6 Å². The van der Waals surface area contributed by atoms with Crippen LogP contribution < -0.4 is 15.5 Å². The number of hydrogen-bond donors (Lipinski definition) is 2. The van der Waals surface area contributed by atoms with Crippen LogP contribution in [0.1, 0.15) is 31.7 Å². The van der Waals surface area contributed by atoms with E-state index in [1.54, 1.807) is 0 Å². The molecule has 6 heteroatoms. The Balaban J connectivity index is 1.72. The summed E-state index contributed by atoms with van der Waals surface area (Å²) in [6.45, 7) is 5.97. The summed E-state index contributed by atoms with van der Waals surface area (Å²) in [4.78, 5) is 18.8. The van der Waals surface area contributed by atoms with Gasteiger partial charge in [-0.1, -0.05) is 6.07 Å². The number of rotatable bonds is 6. The molecule has 23 heavy (non-hydrogen) atoms. The molecule has 1 atom stereocenters. The maximum Gasteiger partial charge on any atom is 0.315 e. The van der Waals surface area contributed by atoms with Gasteiger partial charge in [0.15, 0.2) is 0 Å². The van der Waals surface area contributed by atoms with Crippen LogP contribution in [-0.2, 0) is 0 Å². The third-order valence-electron chi connectivity index (χ3n) is 4.18. The van der Waals surface area contributed by atoms with Crippen LogP contribution >= 0.6 is 11.8 Å². The summed E-state index contributed by atoms with van der Waals surface area (Å²) >= 11 is 1.81. The molecule has 1 aromatic rings.